The van der Waals surface area contributed by atoms with Crippen molar-refractivity contribution in [2.24, 2.45) is 9.98 Å². The average molecular weight is 504 g/mol. The Morgan fingerprint density at radius 3 is 2.06 bits per heavy atom. The van der Waals surface area contributed by atoms with Gasteiger partial charge in [-0.25, -0.2) is 4.99 Å². The van der Waals surface area contributed by atoms with E-state index in [0.29, 0.717) is 5.56 Å². The lowest BCUT2D eigenvalue weighted by atomic mass is 9.69. The molecule has 0 saturated heterocycles. The zero-order valence-electron chi connectivity index (χ0n) is 19.2. The Kier molecular flexibility index (Phi) is 4.16. The number of rotatable bonds is 2. The van der Waals surface area contributed by atoms with Gasteiger partial charge in [-0.1, -0.05) is 24.3 Å². The number of benzene rings is 1. The van der Waals surface area contributed by atoms with E-state index in [9.17, 15) is 8.78 Å². The van der Waals surface area contributed by atoms with Gasteiger partial charge in [0.2, 0.25) is 5.90 Å². The van der Waals surface area contributed by atoms with Crippen LogP contribution in [0.25, 0.3) is 0 Å². The van der Waals surface area contributed by atoms with E-state index in [-0.39, 0.29) is 17.4 Å². The summed E-state index contributed by atoms with van der Waals surface area (Å²) < 4.78 is 96.6. The number of halogens is 6. The Morgan fingerprint density at radius 1 is 0.778 bits per heavy atom. The molecule has 2 unspecified atom stereocenters. The number of aliphatic imine (C=N–C) groups is 2. The van der Waals surface area contributed by atoms with Gasteiger partial charge >= 0.3 is 17.8 Å². The second-order valence-electron chi connectivity index (χ2n) is 9.39. The van der Waals surface area contributed by atoms with Crippen molar-refractivity contribution in [1.29, 1.82) is 0 Å². The molecular formula is C25H18F6N4O. The van der Waals surface area contributed by atoms with Crippen LogP contribution in [0.4, 0.5) is 26.3 Å². The number of amidine groups is 1. The molecular weight excluding hydrogens is 486 g/mol. The number of nitrogens with zero attached hydrogens (tertiary/aromatic N) is 4. The highest BCUT2D eigenvalue weighted by atomic mass is 19.3. The zero-order chi connectivity index (χ0) is 25.9. The summed E-state index contributed by atoms with van der Waals surface area (Å²) in [5.41, 5.74) is -6.54. The van der Waals surface area contributed by atoms with Crippen LogP contribution in [0, 0.1) is 0 Å². The molecule has 3 heterocycles. The Hall–Kier alpha value is -3.63. The molecule has 1 aromatic carbocycles. The van der Waals surface area contributed by atoms with Gasteiger partial charge < -0.3 is 9.64 Å². The quantitative estimate of drug-likeness (QED) is 0.528. The monoisotopic (exact) mass is 504 g/mol. The number of ether oxygens (including phenoxy) is 1. The first-order valence-electron chi connectivity index (χ1n) is 11.0. The normalized spacial score (nSPS) is 31.0. The summed E-state index contributed by atoms with van der Waals surface area (Å²) in [6.07, 6.45) is 1.45. The molecule has 36 heavy (non-hydrogen) atoms. The van der Waals surface area contributed by atoms with E-state index in [0.717, 1.165) is 4.90 Å². The summed E-state index contributed by atoms with van der Waals surface area (Å²) in [7, 11) is 1.31. The van der Waals surface area contributed by atoms with Crippen LogP contribution in [0.2, 0.25) is 0 Å². The van der Waals surface area contributed by atoms with E-state index in [4.69, 9.17) is 4.74 Å². The van der Waals surface area contributed by atoms with Gasteiger partial charge in [0, 0.05) is 18.8 Å². The van der Waals surface area contributed by atoms with Gasteiger partial charge in [0.1, 0.15) is 17.0 Å². The number of hydrogen-bond acceptors (Lipinski definition) is 5. The highest BCUT2D eigenvalue weighted by Gasteiger charge is 2.86. The van der Waals surface area contributed by atoms with Gasteiger partial charge in [-0.3, -0.25) is 9.98 Å². The van der Waals surface area contributed by atoms with Crippen LogP contribution in [0.5, 0.6) is 0 Å². The summed E-state index contributed by atoms with van der Waals surface area (Å²) in [4.78, 5) is 14.5. The smallest absolute Gasteiger partial charge is 0.380 e. The fraction of sp³-hybridized carbons (Fsp3) is 0.320. The summed E-state index contributed by atoms with van der Waals surface area (Å²) in [6, 6.07) is 13.0. The lowest BCUT2D eigenvalue weighted by molar-refractivity contribution is -0.258. The van der Waals surface area contributed by atoms with E-state index < -0.39 is 51.4 Å². The molecule has 2 aromatic rings. The second kappa shape index (κ2) is 6.57. The Balaban J connectivity index is 1.70. The predicted octanol–water partition coefficient (Wildman–Crippen LogP) is 5.21. The third-order valence-corrected chi connectivity index (χ3v) is 7.40. The maximum atomic E-state index is 15.4. The van der Waals surface area contributed by atoms with Crippen LogP contribution in [0.1, 0.15) is 25.1 Å². The minimum atomic E-state index is -5.70. The molecule has 5 nitrogen and oxygen atoms in total. The van der Waals surface area contributed by atoms with E-state index in [1.165, 1.54) is 27.1 Å². The van der Waals surface area contributed by atoms with Gasteiger partial charge in [0.05, 0.1) is 16.8 Å². The first-order chi connectivity index (χ1) is 16.8. The molecule has 1 saturated carbocycles. The number of alkyl halides is 6. The molecule has 0 radical (unpaired) electrons. The van der Waals surface area contributed by atoms with Crippen LogP contribution < -0.4 is 0 Å². The molecule has 186 valence electrons. The van der Waals surface area contributed by atoms with Crippen molar-refractivity contribution in [3.05, 3.63) is 88.6 Å². The first kappa shape index (κ1) is 22.8. The van der Waals surface area contributed by atoms with Crippen molar-refractivity contribution in [3.63, 3.8) is 0 Å². The molecule has 11 heteroatoms. The van der Waals surface area contributed by atoms with Gasteiger partial charge in [-0.05, 0) is 38.1 Å². The summed E-state index contributed by atoms with van der Waals surface area (Å²) in [6.45, 7) is 2.79. The summed E-state index contributed by atoms with van der Waals surface area (Å²) in [5, 5.41) is 0. The molecule has 1 aromatic heterocycles. The standard InChI is InChI=1S/C25H18F6N4O/c1-21-17(35(3)19(33-21)14-11-7-8-12-32-14)15-16(24(28,29)25(30,31)23(15,26)27)18-22(21,2)34-20(36-18)13-9-5-4-6-10-13/h4-12H,1-3H3. The zero-order valence-corrected chi connectivity index (χ0v) is 19.2. The van der Waals surface area contributed by atoms with Crippen LogP contribution in [0.3, 0.4) is 0 Å². The summed E-state index contributed by atoms with van der Waals surface area (Å²) >= 11 is 0. The lowest BCUT2D eigenvalue weighted by Crippen LogP contribution is -2.53. The number of pyridine rings is 1. The fourth-order valence-electron chi connectivity index (χ4n) is 5.40. The summed E-state index contributed by atoms with van der Waals surface area (Å²) in [5.74, 6) is -17.0. The fourth-order valence-corrected chi connectivity index (χ4v) is 5.40. The molecule has 2 aliphatic heterocycles. The number of aromatic nitrogens is 1. The van der Waals surface area contributed by atoms with Crippen molar-refractivity contribution < 1.29 is 31.1 Å². The van der Waals surface area contributed by atoms with Crippen molar-refractivity contribution in [1.82, 2.24) is 9.88 Å². The maximum absolute atomic E-state index is 15.4. The molecule has 0 amide bonds. The van der Waals surface area contributed by atoms with E-state index in [2.05, 4.69) is 15.0 Å². The number of likely N-dealkylation sites (N-methyl/N-ethyl adjacent to an activating group) is 1. The van der Waals surface area contributed by atoms with Crippen molar-refractivity contribution >= 4 is 11.7 Å². The van der Waals surface area contributed by atoms with E-state index in [1.807, 2.05) is 0 Å². The second-order valence-corrected chi connectivity index (χ2v) is 9.39. The average Bonchev–Trinajstić information content (AvgIpc) is 3.37. The molecule has 0 bridgehead atoms. The molecule has 2 atom stereocenters. The van der Waals surface area contributed by atoms with Crippen molar-refractivity contribution in [2.45, 2.75) is 42.7 Å². The van der Waals surface area contributed by atoms with Crippen molar-refractivity contribution in [3.8, 4) is 0 Å². The van der Waals surface area contributed by atoms with Crippen molar-refractivity contribution in [2.75, 3.05) is 7.05 Å². The maximum Gasteiger partial charge on any atom is 0.380 e. The van der Waals surface area contributed by atoms with Gasteiger partial charge in [-0.2, -0.15) is 26.3 Å². The van der Waals surface area contributed by atoms with Gasteiger partial charge in [0.15, 0.2) is 11.4 Å². The molecule has 0 spiro atoms. The van der Waals surface area contributed by atoms with Gasteiger partial charge in [-0.15, -0.1) is 0 Å². The SMILES string of the molecule is CN1C(c2ccccn2)=NC2(C)C1=C1C(=C3OC(c4ccccc4)=NC32C)C(F)(F)C(F)(F)C1(F)F. The first-order valence-corrected chi connectivity index (χ1v) is 11.0. The van der Waals surface area contributed by atoms with Crippen LogP contribution >= 0.6 is 0 Å². The third-order valence-electron chi connectivity index (χ3n) is 7.40. The third kappa shape index (κ3) is 2.36. The Bertz CT molecular complexity index is 1430. The van der Waals surface area contributed by atoms with Crippen LogP contribution in [-0.2, 0) is 4.74 Å². The molecule has 1 fully saturated rings. The van der Waals surface area contributed by atoms with E-state index in [1.54, 1.807) is 48.5 Å². The van der Waals surface area contributed by atoms with Gasteiger partial charge in [0.25, 0.3) is 0 Å². The molecule has 6 rings (SSSR count). The lowest BCUT2D eigenvalue weighted by Gasteiger charge is -2.42. The van der Waals surface area contributed by atoms with Crippen LogP contribution in [0.15, 0.2) is 87.3 Å². The molecule has 4 aliphatic rings. The molecule has 0 N–H and O–H groups in total. The Labute approximate surface area is 201 Å². The number of fused-ring (bicyclic) bond motifs is 4. The minimum Gasteiger partial charge on any atom is -0.440 e. The Morgan fingerprint density at radius 2 is 1.42 bits per heavy atom. The highest BCUT2D eigenvalue weighted by molar-refractivity contribution is 6.03. The predicted molar refractivity (Wildman–Crippen MR) is 118 cm³/mol. The number of hydrogen-bond donors (Lipinski definition) is 0. The molecule has 2 aliphatic carbocycles. The topological polar surface area (TPSA) is 50.1 Å². The minimum absolute atomic E-state index is 0.0557. The highest BCUT2D eigenvalue weighted by Crippen LogP contribution is 2.69. The number of allylic oxidation sites excluding steroid dienone is 2. The van der Waals surface area contributed by atoms with Crippen LogP contribution in [-0.4, -0.2) is 57.5 Å². The van der Waals surface area contributed by atoms with E-state index >= 15 is 17.6 Å². The largest absolute Gasteiger partial charge is 0.440 e.